The Morgan fingerprint density at radius 1 is 1.24 bits per heavy atom. The van der Waals surface area contributed by atoms with Gasteiger partial charge in [0.05, 0.1) is 11.6 Å². The van der Waals surface area contributed by atoms with Crippen LogP contribution in [0, 0.1) is 17.6 Å². The molecule has 7 heteroatoms. The predicted molar refractivity (Wildman–Crippen MR) is 89.0 cm³/mol. The number of amides is 2. The van der Waals surface area contributed by atoms with E-state index in [0.29, 0.717) is 19.6 Å². The minimum atomic E-state index is -0.840. The van der Waals surface area contributed by atoms with Crippen molar-refractivity contribution in [2.24, 2.45) is 5.92 Å². The molecule has 0 aromatic heterocycles. The first-order chi connectivity index (χ1) is 12.0. The van der Waals surface area contributed by atoms with Crippen LogP contribution < -0.4 is 10.6 Å². The number of hydrogen-bond acceptors (Lipinski definition) is 3. The Kier molecular flexibility index (Phi) is 5.63. The van der Waals surface area contributed by atoms with E-state index in [-0.39, 0.29) is 23.4 Å². The number of carbonyl (C=O) groups is 2. The van der Waals surface area contributed by atoms with Gasteiger partial charge < -0.3 is 15.5 Å². The molecule has 2 heterocycles. The highest BCUT2D eigenvalue weighted by molar-refractivity contribution is 5.94. The maximum atomic E-state index is 13.8. The van der Waals surface area contributed by atoms with E-state index in [1.807, 2.05) is 0 Å². The zero-order valence-electron chi connectivity index (χ0n) is 14.1. The minimum absolute atomic E-state index is 0.00512. The molecule has 1 aromatic carbocycles. The Morgan fingerprint density at radius 2 is 2.08 bits per heavy atom. The SMILES string of the molecule is O=C(NCC1CCCN(C(=O)c2ccc(F)cc2F)C1)C1CCCN1. The van der Waals surface area contributed by atoms with Crippen molar-refractivity contribution in [1.29, 1.82) is 0 Å². The van der Waals surface area contributed by atoms with Gasteiger partial charge in [0.25, 0.3) is 5.91 Å². The normalized spacial score (nSPS) is 23.5. The molecule has 2 fully saturated rings. The molecular formula is C18H23F2N3O2. The first-order valence-corrected chi connectivity index (χ1v) is 8.80. The molecule has 2 aliphatic rings. The van der Waals surface area contributed by atoms with E-state index in [0.717, 1.165) is 44.4 Å². The molecule has 25 heavy (non-hydrogen) atoms. The van der Waals surface area contributed by atoms with Gasteiger partial charge in [-0.05, 0) is 50.3 Å². The first kappa shape index (κ1) is 17.8. The molecule has 5 nitrogen and oxygen atoms in total. The quantitative estimate of drug-likeness (QED) is 0.868. The van der Waals surface area contributed by atoms with Crippen molar-refractivity contribution in [2.45, 2.75) is 31.7 Å². The molecule has 2 unspecified atom stereocenters. The van der Waals surface area contributed by atoms with Crippen molar-refractivity contribution in [2.75, 3.05) is 26.2 Å². The second-order valence-electron chi connectivity index (χ2n) is 6.78. The van der Waals surface area contributed by atoms with E-state index in [2.05, 4.69) is 10.6 Å². The van der Waals surface area contributed by atoms with Crippen LogP contribution in [0.3, 0.4) is 0 Å². The average Bonchev–Trinajstić information content (AvgIpc) is 3.14. The van der Waals surface area contributed by atoms with E-state index in [1.54, 1.807) is 4.90 Å². The highest BCUT2D eigenvalue weighted by Crippen LogP contribution is 2.20. The summed E-state index contributed by atoms with van der Waals surface area (Å²) >= 11 is 0. The van der Waals surface area contributed by atoms with Crippen LogP contribution in [0.4, 0.5) is 8.78 Å². The molecule has 2 N–H and O–H groups in total. The summed E-state index contributed by atoms with van der Waals surface area (Å²) < 4.78 is 26.8. The van der Waals surface area contributed by atoms with Gasteiger partial charge in [0.1, 0.15) is 11.6 Å². The van der Waals surface area contributed by atoms with Gasteiger partial charge in [-0.25, -0.2) is 8.78 Å². The standard InChI is InChI=1S/C18H23F2N3O2/c19-13-5-6-14(15(20)9-13)18(25)23-8-2-3-12(11-23)10-22-17(24)16-4-1-7-21-16/h5-6,9,12,16,21H,1-4,7-8,10-11H2,(H,22,24). The number of piperidine rings is 1. The van der Waals surface area contributed by atoms with Gasteiger partial charge in [0, 0.05) is 25.7 Å². The maximum Gasteiger partial charge on any atom is 0.256 e. The lowest BCUT2D eigenvalue weighted by Gasteiger charge is -2.33. The molecule has 2 amide bonds. The topological polar surface area (TPSA) is 61.4 Å². The van der Waals surface area contributed by atoms with Crippen LogP contribution in [0.5, 0.6) is 0 Å². The number of hydrogen-bond donors (Lipinski definition) is 2. The van der Waals surface area contributed by atoms with Gasteiger partial charge in [0.2, 0.25) is 5.91 Å². The smallest absolute Gasteiger partial charge is 0.256 e. The van der Waals surface area contributed by atoms with Crippen molar-refractivity contribution >= 4 is 11.8 Å². The number of rotatable bonds is 4. The summed E-state index contributed by atoms with van der Waals surface area (Å²) in [6, 6.07) is 2.88. The van der Waals surface area contributed by atoms with E-state index in [4.69, 9.17) is 0 Å². The zero-order valence-corrected chi connectivity index (χ0v) is 14.1. The van der Waals surface area contributed by atoms with Crippen LogP contribution in [0.25, 0.3) is 0 Å². The van der Waals surface area contributed by atoms with Crippen LogP contribution in [0.2, 0.25) is 0 Å². The van der Waals surface area contributed by atoms with Gasteiger partial charge in [-0.1, -0.05) is 0 Å². The maximum absolute atomic E-state index is 13.8. The largest absolute Gasteiger partial charge is 0.354 e. The molecule has 0 aliphatic carbocycles. The fourth-order valence-corrected chi connectivity index (χ4v) is 3.53. The molecule has 3 rings (SSSR count). The highest BCUT2D eigenvalue weighted by Gasteiger charge is 2.28. The van der Waals surface area contributed by atoms with Gasteiger partial charge in [-0.15, -0.1) is 0 Å². The summed E-state index contributed by atoms with van der Waals surface area (Å²) in [7, 11) is 0. The number of nitrogens with one attached hydrogen (secondary N) is 2. The van der Waals surface area contributed by atoms with E-state index in [1.165, 1.54) is 6.07 Å². The summed E-state index contributed by atoms with van der Waals surface area (Å²) in [5.74, 6) is -1.82. The van der Waals surface area contributed by atoms with Gasteiger partial charge in [0.15, 0.2) is 0 Å². The summed E-state index contributed by atoms with van der Waals surface area (Å²) in [5.41, 5.74) is -0.110. The van der Waals surface area contributed by atoms with E-state index >= 15 is 0 Å². The number of benzene rings is 1. The molecule has 2 saturated heterocycles. The van der Waals surface area contributed by atoms with Crippen molar-refractivity contribution in [1.82, 2.24) is 15.5 Å². The highest BCUT2D eigenvalue weighted by atomic mass is 19.1. The van der Waals surface area contributed by atoms with Gasteiger partial charge in [-0.2, -0.15) is 0 Å². The van der Waals surface area contributed by atoms with Crippen LogP contribution in [0.1, 0.15) is 36.0 Å². The fraction of sp³-hybridized carbons (Fsp3) is 0.556. The van der Waals surface area contributed by atoms with E-state index in [9.17, 15) is 18.4 Å². The summed E-state index contributed by atoms with van der Waals surface area (Å²) in [6.07, 6.45) is 3.57. The molecule has 136 valence electrons. The Morgan fingerprint density at radius 3 is 2.80 bits per heavy atom. The monoisotopic (exact) mass is 351 g/mol. The lowest BCUT2D eigenvalue weighted by Crippen LogP contribution is -2.46. The van der Waals surface area contributed by atoms with Gasteiger partial charge >= 0.3 is 0 Å². The molecule has 0 radical (unpaired) electrons. The third kappa shape index (κ3) is 4.34. The molecule has 2 atom stereocenters. The molecular weight excluding hydrogens is 328 g/mol. The van der Waals surface area contributed by atoms with Crippen LogP contribution in [0.15, 0.2) is 18.2 Å². The lowest BCUT2D eigenvalue weighted by atomic mass is 9.97. The second kappa shape index (κ2) is 7.91. The fourth-order valence-electron chi connectivity index (χ4n) is 3.53. The molecule has 0 saturated carbocycles. The lowest BCUT2D eigenvalue weighted by molar-refractivity contribution is -0.123. The minimum Gasteiger partial charge on any atom is -0.354 e. The van der Waals surface area contributed by atoms with Crippen LogP contribution in [-0.4, -0.2) is 48.9 Å². The summed E-state index contributed by atoms with van der Waals surface area (Å²) in [4.78, 5) is 26.1. The third-order valence-corrected chi connectivity index (χ3v) is 4.91. The molecule has 1 aromatic rings. The molecule has 0 bridgehead atoms. The second-order valence-corrected chi connectivity index (χ2v) is 6.78. The van der Waals surface area contributed by atoms with Crippen molar-refractivity contribution < 1.29 is 18.4 Å². The Bertz CT molecular complexity index is 647. The Labute approximate surface area is 145 Å². The van der Waals surface area contributed by atoms with Crippen LogP contribution >= 0.6 is 0 Å². The van der Waals surface area contributed by atoms with E-state index < -0.39 is 17.5 Å². The Hall–Kier alpha value is -2.02. The van der Waals surface area contributed by atoms with Crippen molar-refractivity contribution in [3.8, 4) is 0 Å². The molecule has 0 spiro atoms. The Balaban J connectivity index is 1.55. The predicted octanol–water partition coefficient (Wildman–Crippen LogP) is 1.69. The average molecular weight is 351 g/mol. The number of halogens is 2. The zero-order chi connectivity index (χ0) is 17.8. The molecule has 2 aliphatic heterocycles. The number of carbonyl (C=O) groups excluding carboxylic acids is 2. The van der Waals surface area contributed by atoms with Crippen LogP contribution in [-0.2, 0) is 4.79 Å². The van der Waals surface area contributed by atoms with Crippen molar-refractivity contribution in [3.63, 3.8) is 0 Å². The van der Waals surface area contributed by atoms with Crippen molar-refractivity contribution in [3.05, 3.63) is 35.4 Å². The number of likely N-dealkylation sites (tertiary alicyclic amines) is 1. The summed E-state index contributed by atoms with van der Waals surface area (Å²) in [5, 5.41) is 6.10. The summed E-state index contributed by atoms with van der Waals surface area (Å²) in [6.45, 7) is 2.39. The first-order valence-electron chi connectivity index (χ1n) is 8.80. The third-order valence-electron chi connectivity index (χ3n) is 4.91. The number of nitrogens with zero attached hydrogens (tertiary/aromatic N) is 1. The van der Waals surface area contributed by atoms with Gasteiger partial charge in [-0.3, -0.25) is 9.59 Å².